The van der Waals surface area contributed by atoms with Crippen LogP contribution >= 0.6 is 0 Å². The first-order valence-electron chi connectivity index (χ1n) is 7.90. The first kappa shape index (κ1) is 16.2. The van der Waals surface area contributed by atoms with Crippen LogP contribution in [0.1, 0.15) is 15.9 Å². The number of nitrogens with two attached hydrogens (primary N) is 1. The Balaban J connectivity index is 2.02. The molecule has 0 aliphatic carbocycles. The van der Waals surface area contributed by atoms with Crippen molar-refractivity contribution in [2.75, 3.05) is 0 Å². The Hall–Kier alpha value is -3.28. The lowest BCUT2D eigenvalue weighted by molar-refractivity contribution is 0.100. The second-order valence-corrected chi connectivity index (χ2v) is 6.02. The van der Waals surface area contributed by atoms with Gasteiger partial charge in [0.1, 0.15) is 5.82 Å². The molecular weight excluding hydrogens is 341 g/mol. The molecule has 0 fully saturated rings. The topological polar surface area (TPSA) is 48.0 Å². The van der Waals surface area contributed by atoms with E-state index in [0.29, 0.717) is 22.5 Å². The number of benzene rings is 3. The van der Waals surface area contributed by atoms with Crippen LogP contribution in [0, 0.1) is 17.5 Å². The van der Waals surface area contributed by atoms with E-state index in [9.17, 15) is 18.0 Å². The predicted octanol–water partition coefficient (Wildman–Crippen LogP) is 4.36. The molecule has 0 spiro atoms. The molecule has 4 aromatic rings. The summed E-state index contributed by atoms with van der Waals surface area (Å²) in [4.78, 5) is 11.8. The van der Waals surface area contributed by atoms with Gasteiger partial charge in [0.2, 0.25) is 5.91 Å². The number of primary amides is 1. The molecule has 0 atom stereocenters. The average Bonchev–Trinajstić information content (AvgIpc) is 2.94. The fourth-order valence-corrected chi connectivity index (χ4v) is 3.33. The molecule has 6 heteroatoms. The normalized spacial score (nSPS) is 11.3. The molecule has 1 heterocycles. The van der Waals surface area contributed by atoms with Gasteiger partial charge in [0, 0.05) is 33.5 Å². The Morgan fingerprint density at radius 2 is 1.58 bits per heavy atom. The molecule has 0 bridgehead atoms. The average molecular weight is 354 g/mol. The zero-order valence-corrected chi connectivity index (χ0v) is 13.5. The number of carbonyl (C=O) groups excluding carboxylic acids is 1. The first-order chi connectivity index (χ1) is 12.5. The van der Waals surface area contributed by atoms with Gasteiger partial charge in [0.05, 0.1) is 12.1 Å². The van der Waals surface area contributed by atoms with Crippen LogP contribution in [0.25, 0.3) is 21.8 Å². The second-order valence-electron chi connectivity index (χ2n) is 6.02. The third-order valence-corrected chi connectivity index (χ3v) is 4.48. The molecule has 4 rings (SSSR count). The zero-order chi connectivity index (χ0) is 18.4. The molecule has 0 aliphatic heterocycles. The lowest BCUT2D eigenvalue weighted by Gasteiger charge is -2.09. The van der Waals surface area contributed by atoms with Crippen molar-refractivity contribution in [2.24, 2.45) is 5.73 Å². The van der Waals surface area contributed by atoms with Gasteiger partial charge in [-0.1, -0.05) is 24.3 Å². The molecule has 0 radical (unpaired) electrons. The van der Waals surface area contributed by atoms with E-state index in [1.807, 2.05) is 24.3 Å². The number of fused-ring (bicyclic) bond motifs is 3. The maximum absolute atomic E-state index is 14.1. The van der Waals surface area contributed by atoms with Gasteiger partial charge >= 0.3 is 0 Å². The largest absolute Gasteiger partial charge is 0.366 e. The van der Waals surface area contributed by atoms with Crippen molar-refractivity contribution in [1.82, 2.24) is 4.57 Å². The zero-order valence-electron chi connectivity index (χ0n) is 13.5. The number of rotatable bonds is 3. The Morgan fingerprint density at radius 1 is 0.885 bits per heavy atom. The molecule has 1 aromatic heterocycles. The number of hydrogen-bond acceptors (Lipinski definition) is 1. The van der Waals surface area contributed by atoms with E-state index in [1.54, 1.807) is 22.8 Å². The highest BCUT2D eigenvalue weighted by Crippen LogP contribution is 2.32. The van der Waals surface area contributed by atoms with Crippen molar-refractivity contribution in [3.05, 3.63) is 83.2 Å². The van der Waals surface area contributed by atoms with Gasteiger partial charge in [-0.2, -0.15) is 0 Å². The lowest BCUT2D eigenvalue weighted by atomic mass is 10.1. The van der Waals surface area contributed by atoms with E-state index in [0.717, 1.165) is 17.0 Å². The summed E-state index contributed by atoms with van der Waals surface area (Å²) in [5.74, 6) is -3.75. The van der Waals surface area contributed by atoms with Gasteiger partial charge in [-0.05, 0) is 24.3 Å². The van der Waals surface area contributed by atoms with E-state index < -0.39 is 23.4 Å². The van der Waals surface area contributed by atoms with Crippen LogP contribution in [0.15, 0.2) is 54.6 Å². The number of carbonyl (C=O) groups is 1. The molecule has 130 valence electrons. The third kappa shape index (κ3) is 2.42. The van der Waals surface area contributed by atoms with Gasteiger partial charge in [0.25, 0.3) is 0 Å². The Bertz CT molecular complexity index is 1180. The monoisotopic (exact) mass is 354 g/mol. The highest BCUT2D eigenvalue weighted by Gasteiger charge is 2.18. The van der Waals surface area contributed by atoms with Crippen LogP contribution in [0.2, 0.25) is 0 Å². The van der Waals surface area contributed by atoms with Gasteiger partial charge in [-0.3, -0.25) is 4.79 Å². The second kappa shape index (κ2) is 5.91. The number of halogens is 3. The minimum atomic E-state index is -1.23. The van der Waals surface area contributed by atoms with Crippen molar-refractivity contribution in [1.29, 1.82) is 0 Å². The van der Waals surface area contributed by atoms with Crippen LogP contribution in [0.5, 0.6) is 0 Å². The molecule has 0 saturated heterocycles. The van der Waals surface area contributed by atoms with Crippen LogP contribution < -0.4 is 5.73 Å². The third-order valence-electron chi connectivity index (χ3n) is 4.48. The van der Waals surface area contributed by atoms with E-state index in [2.05, 4.69) is 0 Å². The van der Waals surface area contributed by atoms with Gasteiger partial charge < -0.3 is 10.3 Å². The van der Waals surface area contributed by atoms with Crippen molar-refractivity contribution in [2.45, 2.75) is 6.54 Å². The minimum Gasteiger partial charge on any atom is -0.366 e. The minimum absolute atomic E-state index is 0.0102. The fraction of sp³-hybridized carbons (Fsp3) is 0.0500. The summed E-state index contributed by atoms with van der Waals surface area (Å²) in [6.07, 6.45) is 0. The van der Waals surface area contributed by atoms with Gasteiger partial charge in [-0.15, -0.1) is 0 Å². The molecule has 0 aliphatic rings. The van der Waals surface area contributed by atoms with E-state index >= 15 is 0 Å². The molecule has 3 aromatic carbocycles. The summed E-state index contributed by atoms with van der Waals surface area (Å²) in [5.41, 5.74) is 7.25. The Labute approximate surface area is 146 Å². The summed E-state index contributed by atoms with van der Waals surface area (Å²) in [6.45, 7) is -0.0186. The Morgan fingerprint density at radius 3 is 2.35 bits per heavy atom. The van der Waals surface area contributed by atoms with Crippen LogP contribution in [-0.2, 0) is 6.54 Å². The molecule has 3 nitrogen and oxygen atoms in total. The molecule has 2 N–H and O–H groups in total. The predicted molar refractivity (Wildman–Crippen MR) is 93.4 cm³/mol. The molecule has 26 heavy (non-hydrogen) atoms. The Kier molecular flexibility index (Phi) is 3.68. The summed E-state index contributed by atoms with van der Waals surface area (Å²) >= 11 is 0. The standard InChI is InChI=1S/C20H13F3N2O/c21-14-9-16(23)15(22)8-11(14)10-25-17-6-2-1-4-12(17)19-13(20(24)26)5-3-7-18(19)25/h1-9H,10H2,(H2,24,26). The number of para-hydroxylation sites is 1. The highest BCUT2D eigenvalue weighted by molar-refractivity contribution is 6.17. The van der Waals surface area contributed by atoms with Crippen LogP contribution in [0.4, 0.5) is 13.2 Å². The summed E-state index contributed by atoms with van der Waals surface area (Å²) in [5, 5.41) is 1.43. The molecule has 0 unspecified atom stereocenters. The quantitative estimate of drug-likeness (QED) is 0.546. The lowest BCUT2D eigenvalue weighted by Crippen LogP contribution is -2.11. The fourth-order valence-electron chi connectivity index (χ4n) is 3.33. The van der Waals surface area contributed by atoms with Crippen molar-refractivity contribution < 1.29 is 18.0 Å². The van der Waals surface area contributed by atoms with Gasteiger partial charge in [-0.25, -0.2) is 13.2 Å². The highest BCUT2D eigenvalue weighted by atomic mass is 19.2. The van der Waals surface area contributed by atoms with Crippen molar-refractivity contribution in [3.63, 3.8) is 0 Å². The maximum atomic E-state index is 14.1. The smallest absolute Gasteiger partial charge is 0.249 e. The van der Waals surface area contributed by atoms with E-state index in [1.165, 1.54) is 0 Å². The van der Waals surface area contributed by atoms with E-state index in [4.69, 9.17) is 5.73 Å². The van der Waals surface area contributed by atoms with Crippen LogP contribution in [0.3, 0.4) is 0 Å². The number of nitrogens with zero attached hydrogens (tertiary/aromatic N) is 1. The number of hydrogen-bond donors (Lipinski definition) is 1. The number of aromatic nitrogens is 1. The molecule has 0 saturated carbocycles. The van der Waals surface area contributed by atoms with Gasteiger partial charge in [0.15, 0.2) is 11.6 Å². The molecule has 1 amide bonds. The summed E-state index contributed by atoms with van der Waals surface area (Å²) in [7, 11) is 0. The summed E-state index contributed by atoms with van der Waals surface area (Å²) in [6, 6.07) is 13.8. The maximum Gasteiger partial charge on any atom is 0.249 e. The van der Waals surface area contributed by atoms with Crippen molar-refractivity contribution in [3.8, 4) is 0 Å². The van der Waals surface area contributed by atoms with Crippen molar-refractivity contribution >= 4 is 27.7 Å². The van der Waals surface area contributed by atoms with E-state index in [-0.39, 0.29) is 12.1 Å². The van der Waals surface area contributed by atoms with Crippen LogP contribution in [-0.4, -0.2) is 10.5 Å². The first-order valence-corrected chi connectivity index (χ1v) is 7.90. The molecular formula is C20H13F3N2O. The summed E-state index contributed by atoms with van der Waals surface area (Å²) < 4.78 is 42.7. The number of amides is 1. The SMILES string of the molecule is NC(=O)c1cccc2c1c1ccccc1n2Cc1cc(F)c(F)cc1F.